The Hall–Kier alpha value is -1.13. The first-order chi connectivity index (χ1) is 11.2. The topological polar surface area (TPSA) is 41.9 Å². The molecule has 0 bridgehead atoms. The summed E-state index contributed by atoms with van der Waals surface area (Å²) in [6.07, 6.45) is 7.48. The number of rotatable bonds is 12. The van der Waals surface area contributed by atoms with Crippen molar-refractivity contribution in [3.8, 4) is 17.2 Å². The second-order valence-corrected chi connectivity index (χ2v) is 6.04. The van der Waals surface area contributed by atoms with Crippen LogP contribution in [-0.2, 0) is 6.54 Å². The van der Waals surface area contributed by atoms with Gasteiger partial charge in [-0.25, -0.2) is 0 Å². The molecular weight excluding hydrogens is 326 g/mol. The van der Waals surface area contributed by atoms with Crippen molar-refractivity contribution in [2.75, 3.05) is 27.3 Å². The SMILES string of the molecule is CCCCCN(CCCCC)Cc1cc(OC)c(O)c(OC)c1.Cl. The third-order valence-electron chi connectivity index (χ3n) is 4.10. The van der Waals surface area contributed by atoms with Crippen LogP contribution in [0.25, 0.3) is 0 Å². The van der Waals surface area contributed by atoms with Crippen molar-refractivity contribution in [3.05, 3.63) is 17.7 Å². The number of hydrogen-bond donors (Lipinski definition) is 1. The van der Waals surface area contributed by atoms with Crippen LogP contribution in [0.1, 0.15) is 57.9 Å². The zero-order valence-electron chi connectivity index (χ0n) is 15.6. The standard InChI is InChI=1S/C19H33NO3.ClH/c1-5-7-9-11-20(12-10-8-6-2)15-16-13-17(22-3)19(21)18(14-16)23-4;/h13-14,21H,5-12,15H2,1-4H3;1H. The number of phenolic OH excluding ortho intramolecular Hbond substituents is 1. The number of benzene rings is 1. The number of nitrogens with zero attached hydrogens (tertiary/aromatic N) is 1. The number of hydrogen-bond acceptors (Lipinski definition) is 4. The lowest BCUT2D eigenvalue weighted by molar-refractivity contribution is 0.252. The molecule has 0 saturated carbocycles. The second-order valence-electron chi connectivity index (χ2n) is 6.04. The van der Waals surface area contributed by atoms with Crippen molar-refractivity contribution in [3.63, 3.8) is 0 Å². The van der Waals surface area contributed by atoms with Gasteiger partial charge in [-0.2, -0.15) is 0 Å². The largest absolute Gasteiger partial charge is 0.502 e. The van der Waals surface area contributed by atoms with Crippen molar-refractivity contribution >= 4 is 12.4 Å². The summed E-state index contributed by atoms with van der Waals surface area (Å²) in [7, 11) is 3.14. The molecule has 0 aliphatic carbocycles. The predicted molar refractivity (Wildman–Crippen MR) is 103 cm³/mol. The highest BCUT2D eigenvalue weighted by Crippen LogP contribution is 2.37. The third-order valence-corrected chi connectivity index (χ3v) is 4.10. The van der Waals surface area contributed by atoms with Crippen LogP contribution in [0.15, 0.2) is 12.1 Å². The van der Waals surface area contributed by atoms with Gasteiger partial charge in [-0.05, 0) is 43.6 Å². The normalized spacial score (nSPS) is 10.5. The van der Waals surface area contributed by atoms with Gasteiger partial charge in [0.1, 0.15) is 0 Å². The van der Waals surface area contributed by atoms with Crippen molar-refractivity contribution in [1.82, 2.24) is 4.90 Å². The molecule has 0 aromatic heterocycles. The first-order valence-corrected chi connectivity index (χ1v) is 8.82. The Morgan fingerprint density at radius 2 is 1.33 bits per heavy atom. The van der Waals surface area contributed by atoms with Gasteiger partial charge in [0.05, 0.1) is 14.2 Å². The van der Waals surface area contributed by atoms with Crippen LogP contribution in [0.4, 0.5) is 0 Å². The van der Waals surface area contributed by atoms with E-state index < -0.39 is 0 Å². The van der Waals surface area contributed by atoms with Gasteiger partial charge in [0.25, 0.3) is 0 Å². The van der Waals surface area contributed by atoms with E-state index in [0.717, 1.165) is 25.2 Å². The van der Waals surface area contributed by atoms with Crippen molar-refractivity contribution < 1.29 is 14.6 Å². The molecule has 0 saturated heterocycles. The molecule has 0 unspecified atom stereocenters. The highest BCUT2D eigenvalue weighted by Gasteiger charge is 2.13. The number of halogens is 1. The summed E-state index contributed by atoms with van der Waals surface area (Å²) in [4.78, 5) is 2.50. The Morgan fingerprint density at radius 1 is 0.875 bits per heavy atom. The van der Waals surface area contributed by atoms with Crippen LogP contribution in [0.5, 0.6) is 17.2 Å². The second kappa shape index (κ2) is 13.2. The van der Waals surface area contributed by atoms with Gasteiger partial charge in [0, 0.05) is 6.54 Å². The summed E-state index contributed by atoms with van der Waals surface area (Å²) in [5.41, 5.74) is 1.12. The Labute approximate surface area is 153 Å². The summed E-state index contributed by atoms with van der Waals surface area (Å²) < 4.78 is 10.5. The molecule has 0 aliphatic heterocycles. The van der Waals surface area contributed by atoms with Crippen LogP contribution >= 0.6 is 12.4 Å². The highest BCUT2D eigenvalue weighted by atomic mass is 35.5. The molecule has 0 radical (unpaired) electrons. The zero-order chi connectivity index (χ0) is 17.1. The fourth-order valence-electron chi connectivity index (χ4n) is 2.74. The number of unbranched alkanes of at least 4 members (excludes halogenated alkanes) is 4. The van der Waals surface area contributed by atoms with E-state index in [1.165, 1.54) is 38.5 Å². The van der Waals surface area contributed by atoms with E-state index in [2.05, 4.69) is 18.7 Å². The van der Waals surface area contributed by atoms with Gasteiger partial charge in [-0.1, -0.05) is 39.5 Å². The molecule has 4 nitrogen and oxygen atoms in total. The van der Waals surface area contributed by atoms with E-state index in [0.29, 0.717) is 11.5 Å². The van der Waals surface area contributed by atoms with E-state index >= 15 is 0 Å². The fourth-order valence-corrected chi connectivity index (χ4v) is 2.74. The van der Waals surface area contributed by atoms with Gasteiger partial charge in [0.2, 0.25) is 5.75 Å². The monoisotopic (exact) mass is 359 g/mol. The summed E-state index contributed by atoms with van der Waals surface area (Å²) in [6.45, 7) is 7.56. The Balaban J connectivity index is 0.00000529. The minimum atomic E-state index is 0. The number of methoxy groups -OCH3 is 2. The molecule has 0 spiro atoms. The lowest BCUT2D eigenvalue weighted by atomic mass is 10.1. The van der Waals surface area contributed by atoms with Gasteiger partial charge in [-0.15, -0.1) is 12.4 Å². The minimum absolute atomic E-state index is 0. The molecule has 0 fully saturated rings. The van der Waals surface area contributed by atoms with E-state index in [1.807, 2.05) is 12.1 Å². The van der Waals surface area contributed by atoms with Crippen LogP contribution < -0.4 is 9.47 Å². The number of ether oxygens (including phenoxy) is 2. The molecule has 1 N–H and O–H groups in total. The van der Waals surface area contributed by atoms with Gasteiger partial charge < -0.3 is 14.6 Å². The van der Waals surface area contributed by atoms with Crippen molar-refractivity contribution in [2.24, 2.45) is 0 Å². The van der Waals surface area contributed by atoms with Crippen LogP contribution in [-0.4, -0.2) is 37.3 Å². The predicted octanol–water partition coefficient (Wildman–Crippen LogP) is 5.01. The number of aromatic hydroxyl groups is 1. The zero-order valence-corrected chi connectivity index (χ0v) is 16.5. The average molecular weight is 360 g/mol. The molecule has 1 aromatic rings. The van der Waals surface area contributed by atoms with Gasteiger partial charge >= 0.3 is 0 Å². The molecule has 0 aliphatic rings. The first-order valence-electron chi connectivity index (χ1n) is 8.82. The summed E-state index contributed by atoms with van der Waals surface area (Å²) in [5.74, 6) is 1.02. The summed E-state index contributed by atoms with van der Waals surface area (Å²) >= 11 is 0. The third kappa shape index (κ3) is 7.63. The molecule has 140 valence electrons. The maximum absolute atomic E-state index is 10.0. The molecule has 1 aromatic carbocycles. The Kier molecular flexibility index (Phi) is 12.6. The first kappa shape index (κ1) is 22.9. The van der Waals surface area contributed by atoms with Crippen LogP contribution in [0.2, 0.25) is 0 Å². The van der Waals surface area contributed by atoms with Crippen molar-refractivity contribution in [1.29, 1.82) is 0 Å². The molecule has 5 heteroatoms. The highest BCUT2D eigenvalue weighted by molar-refractivity contribution is 5.85. The minimum Gasteiger partial charge on any atom is -0.502 e. The smallest absolute Gasteiger partial charge is 0.200 e. The molecule has 0 atom stereocenters. The number of phenols is 1. The maximum Gasteiger partial charge on any atom is 0.200 e. The molecule has 0 amide bonds. The fraction of sp³-hybridized carbons (Fsp3) is 0.684. The van der Waals surface area contributed by atoms with Crippen LogP contribution in [0, 0.1) is 0 Å². The molecular formula is C19H34ClNO3. The summed E-state index contributed by atoms with van der Waals surface area (Å²) in [5, 5.41) is 10.0. The van der Waals surface area contributed by atoms with E-state index in [4.69, 9.17) is 9.47 Å². The van der Waals surface area contributed by atoms with Crippen molar-refractivity contribution in [2.45, 2.75) is 58.9 Å². The maximum atomic E-state index is 10.0. The molecule has 24 heavy (non-hydrogen) atoms. The molecule has 0 heterocycles. The van der Waals surface area contributed by atoms with Gasteiger partial charge in [0.15, 0.2) is 11.5 Å². The van der Waals surface area contributed by atoms with Crippen LogP contribution in [0.3, 0.4) is 0 Å². The molecule has 1 rings (SSSR count). The quantitative estimate of drug-likeness (QED) is 0.532. The Bertz CT molecular complexity index is 419. The summed E-state index contributed by atoms with van der Waals surface area (Å²) in [6, 6.07) is 3.81. The van der Waals surface area contributed by atoms with Gasteiger partial charge in [-0.3, -0.25) is 4.90 Å². The lowest BCUT2D eigenvalue weighted by Gasteiger charge is -2.23. The lowest BCUT2D eigenvalue weighted by Crippen LogP contribution is -2.25. The Morgan fingerprint density at radius 3 is 1.71 bits per heavy atom. The van der Waals surface area contributed by atoms with E-state index in [-0.39, 0.29) is 18.2 Å². The van der Waals surface area contributed by atoms with E-state index in [1.54, 1.807) is 14.2 Å². The average Bonchev–Trinajstić information content (AvgIpc) is 2.56. The van der Waals surface area contributed by atoms with E-state index in [9.17, 15) is 5.11 Å².